The molecule has 0 radical (unpaired) electrons. The van der Waals surface area contributed by atoms with Crippen molar-refractivity contribution < 1.29 is 9.18 Å². The van der Waals surface area contributed by atoms with E-state index in [0.717, 1.165) is 30.8 Å². The molecule has 1 fully saturated rings. The Morgan fingerprint density at radius 2 is 1.70 bits per heavy atom. The van der Waals surface area contributed by atoms with E-state index < -0.39 is 0 Å². The summed E-state index contributed by atoms with van der Waals surface area (Å²) < 4.78 is 13.5. The molecule has 4 nitrogen and oxygen atoms in total. The highest BCUT2D eigenvalue weighted by Crippen LogP contribution is 2.30. The van der Waals surface area contributed by atoms with Crippen molar-refractivity contribution in [1.82, 2.24) is 14.7 Å². The third-order valence-electron chi connectivity index (χ3n) is 6.33. The molecule has 5 heteroatoms. The summed E-state index contributed by atoms with van der Waals surface area (Å²) in [6.07, 6.45) is 5.52. The Labute approximate surface area is 197 Å². The summed E-state index contributed by atoms with van der Waals surface area (Å²) in [4.78, 5) is 19.6. The topological polar surface area (TPSA) is 26.8 Å². The van der Waals surface area contributed by atoms with Crippen LogP contribution in [0.2, 0.25) is 0 Å². The van der Waals surface area contributed by atoms with E-state index in [9.17, 15) is 9.18 Å². The fraction of sp³-hybridized carbons (Fsp3) is 0.321. The first-order chi connectivity index (χ1) is 15.9. The predicted octanol–water partition coefficient (Wildman–Crippen LogP) is 4.83. The number of amides is 1. The minimum Gasteiger partial charge on any atom is -0.339 e. The second-order valence-electron chi connectivity index (χ2n) is 8.50. The molecule has 0 aliphatic carbocycles. The Bertz CT molecular complexity index is 962. The maximum atomic E-state index is 13.5. The van der Waals surface area contributed by atoms with Gasteiger partial charge in [-0.25, -0.2) is 4.39 Å². The lowest BCUT2D eigenvalue weighted by Crippen LogP contribution is -2.54. The highest BCUT2D eigenvalue weighted by molar-refractivity contribution is 5.81. The average Bonchev–Trinajstić information content (AvgIpc) is 2.85. The summed E-state index contributed by atoms with van der Waals surface area (Å²) in [7, 11) is 1.99. The molecule has 2 aromatic carbocycles. The number of hydrogen-bond acceptors (Lipinski definition) is 3. The van der Waals surface area contributed by atoms with Gasteiger partial charge in [0.1, 0.15) is 5.82 Å². The fourth-order valence-electron chi connectivity index (χ4n) is 4.33. The van der Waals surface area contributed by atoms with Gasteiger partial charge in [-0.2, -0.15) is 0 Å². The van der Waals surface area contributed by atoms with Crippen molar-refractivity contribution in [3.63, 3.8) is 0 Å². The summed E-state index contributed by atoms with van der Waals surface area (Å²) in [5, 5.41) is 0. The summed E-state index contributed by atoms with van der Waals surface area (Å²) in [5.74, 6) is -0.105. The molecule has 1 unspecified atom stereocenters. The Morgan fingerprint density at radius 3 is 2.27 bits per heavy atom. The van der Waals surface area contributed by atoms with Crippen LogP contribution in [-0.4, -0.2) is 59.9 Å². The number of benzene rings is 2. The zero-order valence-corrected chi connectivity index (χ0v) is 19.7. The van der Waals surface area contributed by atoms with Gasteiger partial charge in [0.05, 0.1) is 12.1 Å². The van der Waals surface area contributed by atoms with Gasteiger partial charge >= 0.3 is 0 Å². The van der Waals surface area contributed by atoms with E-state index in [-0.39, 0.29) is 23.8 Å². The third kappa shape index (κ3) is 6.28. The van der Waals surface area contributed by atoms with Crippen LogP contribution in [0.4, 0.5) is 4.39 Å². The molecule has 0 N–H and O–H groups in total. The van der Waals surface area contributed by atoms with Gasteiger partial charge in [-0.15, -0.1) is 0 Å². The number of carbonyl (C=O) groups is 1. The lowest BCUT2D eigenvalue weighted by atomic mass is 9.95. The molecule has 1 saturated heterocycles. The monoisotopic (exact) mass is 447 g/mol. The zero-order chi connectivity index (χ0) is 23.8. The predicted molar refractivity (Wildman–Crippen MR) is 133 cm³/mol. The molecule has 2 aromatic rings. The standard InChI is InChI=1S/C28H34FN3O/c1-5-10-24(6-2)27(25-13-15-26(29)16-14-25)31-17-19-32(20-18-31)28(33)22(3)30(4)21-23-11-8-7-9-12-23/h5-16,22,27H,1-2,17-21H2,3-4H3/t22-,27?/m0/s1. The van der Waals surface area contributed by atoms with Crippen LogP contribution in [0.3, 0.4) is 0 Å². The first-order valence-electron chi connectivity index (χ1n) is 11.4. The largest absolute Gasteiger partial charge is 0.339 e. The van der Waals surface area contributed by atoms with Crippen LogP contribution < -0.4 is 0 Å². The molecular formula is C28H34FN3O. The Morgan fingerprint density at radius 1 is 1.06 bits per heavy atom. The number of carbonyl (C=O) groups excluding carboxylic acids is 1. The van der Waals surface area contributed by atoms with Gasteiger partial charge in [-0.05, 0) is 42.8 Å². The van der Waals surface area contributed by atoms with Crippen molar-refractivity contribution in [2.45, 2.75) is 25.6 Å². The van der Waals surface area contributed by atoms with Crippen molar-refractivity contribution in [2.75, 3.05) is 33.2 Å². The normalized spacial score (nSPS) is 17.0. The van der Waals surface area contributed by atoms with Crippen molar-refractivity contribution in [3.8, 4) is 0 Å². The van der Waals surface area contributed by atoms with E-state index >= 15 is 0 Å². The van der Waals surface area contributed by atoms with Gasteiger partial charge in [0.2, 0.25) is 5.91 Å². The van der Waals surface area contributed by atoms with Crippen molar-refractivity contribution in [2.24, 2.45) is 0 Å². The van der Waals surface area contributed by atoms with Gasteiger partial charge in [-0.1, -0.05) is 73.9 Å². The second-order valence-corrected chi connectivity index (χ2v) is 8.50. The zero-order valence-electron chi connectivity index (χ0n) is 19.7. The average molecular weight is 448 g/mol. The lowest BCUT2D eigenvalue weighted by Gasteiger charge is -2.41. The highest BCUT2D eigenvalue weighted by atomic mass is 19.1. The Kier molecular flexibility index (Phi) is 8.75. The molecule has 33 heavy (non-hydrogen) atoms. The number of allylic oxidation sites excluding steroid dienone is 2. The molecular weight excluding hydrogens is 413 g/mol. The van der Waals surface area contributed by atoms with Crippen LogP contribution in [0, 0.1) is 5.82 Å². The summed E-state index contributed by atoms with van der Waals surface area (Å²) in [6, 6.07) is 16.5. The van der Waals surface area contributed by atoms with Crippen molar-refractivity contribution in [3.05, 3.63) is 109 Å². The second kappa shape index (κ2) is 11.7. The molecule has 1 aliphatic rings. The van der Waals surface area contributed by atoms with E-state index in [4.69, 9.17) is 0 Å². The number of likely N-dealkylation sites (N-methyl/N-ethyl adjacent to an activating group) is 1. The molecule has 1 aliphatic heterocycles. The number of nitrogens with zero attached hydrogens (tertiary/aromatic N) is 3. The number of piperazine rings is 1. The third-order valence-corrected chi connectivity index (χ3v) is 6.33. The lowest BCUT2D eigenvalue weighted by molar-refractivity contribution is -0.138. The molecule has 0 spiro atoms. The van der Waals surface area contributed by atoms with Crippen LogP contribution in [0.1, 0.15) is 24.1 Å². The quantitative estimate of drug-likeness (QED) is 0.515. The van der Waals surface area contributed by atoms with Crippen molar-refractivity contribution >= 4 is 5.91 Å². The number of halogens is 1. The maximum Gasteiger partial charge on any atom is 0.239 e. The van der Waals surface area contributed by atoms with Crippen LogP contribution in [0.25, 0.3) is 0 Å². The van der Waals surface area contributed by atoms with Crippen molar-refractivity contribution in [1.29, 1.82) is 0 Å². The maximum absolute atomic E-state index is 13.5. The van der Waals surface area contributed by atoms with E-state index in [1.54, 1.807) is 6.08 Å². The summed E-state index contributed by atoms with van der Waals surface area (Å²) in [5.41, 5.74) is 3.20. The van der Waals surface area contributed by atoms with Gasteiger partial charge < -0.3 is 4.90 Å². The molecule has 3 rings (SSSR count). The van der Waals surface area contributed by atoms with Gasteiger partial charge in [-0.3, -0.25) is 14.6 Å². The molecule has 1 amide bonds. The SMILES string of the molecule is C=CC=C(C=C)C(c1ccc(F)cc1)N1CCN(C(=O)[C@H](C)N(C)Cc2ccccc2)CC1. The molecule has 174 valence electrons. The van der Waals surface area contributed by atoms with E-state index in [0.29, 0.717) is 13.1 Å². The number of rotatable bonds is 9. The first kappa shape index (κ1) is 24.6. The minimum atomic E-state index is -0.255. The number of hydrogen-bond donors (Lipinski definition) is 0. The molecule has 2 atom stereocenters. The highest BCUT2D eigenvalue weighted by Gasteiger charge is 2.31. The molecule has 0 aromatic heterocycles. The van der Waals surface area contributed by atoms with Crippen LogP contribution >= 0.6 is 0 Å². The van der Waals surface area contributed by atoms with E-state index in [2.05, 4.69) is 35.1 Å². The molecule has 0 bridgehead atoms. The Hall–Kier alpha value is -3.02. The minimum absolute atomic E-state index is 0.0588. The first-order valence-corrected chi connectivity index (χ1v) is 11.4. The molecule has 1 heterocycles. The smallest absolute Gasteiger partial charge is 0.239 e. The van der Waals surface area contributed by atoms with E-state index in [1.807, 2.05) is 61.4 Å². The van der Waals surface area contributed by atoms with Crippen LogP contribution in [-0.2, 0) is 11.3 Å². The van der Waals surface area contributed by atoms with Gasteiger partial charge in [0.15, 0.2) is 0 Å². The van der Waals surface area contributed by atoms with Gasteiger partial charge in [0, 0.05) is 32.7 Å². The summed E-state index contributed by atoms with van der Waals surface area (Å²) >= 11 is 0. The van der Waals surface area contributed by atoms with E-state index in [1.165, 1.54) is 17.7 Å². The Balaban J connectivity index is 1.67. The molecule has 0 saturated carbocycles. The van der Waals surface area contributed by atoms with Crippen LogP contribution in [0.5, 0.6) is 0 Å². The fourth-order valence-corrected chi connectivity index (χ4v) is 4.33. The summed E-state index contributed by atoms with van der Waals surface area (Å²) in [6.45, 7) is 13.3. The van der Waals surface area contributed by atoms with Gasteiger partial charge in [0.25, 0.3) is 0 Å². The van der Waals surface area contributed by atoms with Crippen LogP contribution in [0.15, 0.2) is 91.6 Å².